The summed E-state index contributed by atoms with van der Waals surface area (Å²) in [5.74, 6) is 2.56. The van der Waals surface area contributed by atoms with Gasteiger partial charge in [-0.15, -0.1) is 0 Å². The second-order valence-electron chi connectivity index (χ2n) is 7.90. The second kappa shape index (κ2) is 10.6. The summed E-state index contributed by atoms with van der Waals surface area (Å²) >= 11 is 0. The van der Waals surface area contributed by atoms with E-state index in [0.717, 1.165) is 62.5 Å². The summed E-state index contributed by atoms with van der Waals surface area (Å²) in [6.45, 7) is 8.32. The van der Waals surface area contributed by atoms with Crippen LogP contribution in [0.25, 0.3) is 0 Å². The number of hydrogen-bond donors (Lipinski definition) is 3. The molecule has 1 unspecified atom stereocenters. The lowest BCUT2D eigenvalue weighted by Crippen LogP contribution is -2.49. The standard InChI is InChI=1S/C21H35N5O2/c1-3-22-21(23-13-19(27)15-28-14-17-7-8-17)25-18-9-11-26(12-10-18)20-6-4-5-16(2)24-20/h4-6,17-19,27H,3,7-15H2,1-2H3,(H2,22,23,25). The van der Waals surface area contributed by atoms with Crippen molar-refractivity contribution in [2.45, 2.75) is 51.7 Å². The fraction of sp³-hybridized carbons (Fsp3) is 0.714. The van der Waals surface area contributed by atoms with Gasteiger partial charge in [0.15, 0.2) is 5.96 Å². The first-order chi connectivity index (χ1) is 13.6. The van der Waals surface area contributed by atoms with Crippen molar-refractivity contribution in [3.8, 4) is 0 Å². The van der Waals surface area contributed by atoms with Crippen LogP contribution < -0.4 is 15.5 Å². The predicted molar refractivity (Wildman–Crippen MR) is 113 cm³/mol. The third kappa shape index (κ3) is 6.95. The maximum Gasteiger partial charge on any atom is 0.191 e. The summed E-state index contributed by atoms with van der Waals surface area (Å²) in [6.07, 6.45) is 4.05. The molecule has 1 atom stereocenters. The quantitative estimate of drug-likeness (QED) is 0.441. The van der Waals surface area contributed by atoms with E-state index in [1.165, 1.54) is 12.8 Å². The Hall–Kier alpha value is -1.86. The van der Waals surface area contributed by atoms with Crippen LogP contribution in [0.15, 0.2) is 23.2 Å². The van der Waals surface area contributed by atoms with Gasteiger partial charge in [0.2, 0.25) is 0 Å². The van der Waals surface area contributed by atoms with Gasteiger partial charge in [-0.25, -0.2) is 4.98 Å². The third-order valence-corrected chi connectivity index (χ3v) is 5.20. The third-order valence-electron chi connectivity index (χ3n) is 5.20. The first-order valence-electron chi connectivity index (χ1n) is 10.6. The maximum atomic E-state index is 10.1. The highest BCUT2D eigenvalue weighted by molar-refractivity contribution is 5.80. The number of aromatic nitrogens is 1. The Morgan fingerprint density at radius 2 is 2.11 bits per heavy atom. The number of ether oxygens (including phenoxy) is 1. The number of rotatable bonds is 9. The lowest BCUT2D eigenvalue weighted by Gasteiger charge is -2.34. The first-order valence-corrected chi connectivity index (χ1v) is 10.6. The lowest BCUT2D eigenvalue weighted by atomic mass is 10.1. The van der Waals surface area contributed by atoms with E-state index in [0.29, 0.717) is 19.2 Å². The summed E-state index contributed by atoms with van der Waals surface area (Å²) in [7, 11) is 0. The Bertz CT molecular complexity index is 627. The molecule has 156 valence electrons. The van der Waals surface area contributed by atoms with Crippen LogP contribution in [0.3, 0.4) is 0 Å². The van der Waals surface area contributed by atoms with Gasteiger partial charge in [0.1, 0.15) is 5.82 Å². The summed E-state index contributed by atoms with van der Waals surface area (Å²) < 4.78 is 5.55. The van der Waals surface area contributed by atoms with Gasteiger partial charge in [-0.3, -0.25) is 4.99 Å². The van der Waals surface area contributed by atoms with Crippen molar-refractivity contribution in [1.29, 1.82) is 0 Å². The van der Waals surface area contributed by atoms with Crippen molar-refractivity contribution < 1.29 is 9.84 Å². The second-order valence-corrected chi connectivity index (χ2v) is 7.90. The van der Waals surface area contributed by atoms with E-state index in [4.69, 9.17) is 4.74 Å². The number of nitrogens with zero attached hydrogens (tertiary/aromatic N) is 3. The molecule has 2 fully saturated rings. The number of pyridine rings is 1. The smallest absolute Gasteiger partial charge is 0.191 e. The molecule has 0 amide bonds. The van der Waals surface area contributed by atoms with E-state index in [-0.39, 0.29) is 0 Å². The highest BCUT2D eigenvalue weighted by atomic mass is 16.5. The van der Waals surface area contributed by atoms with Crippen LogP contribution in [0.2, 0.25) is 0 Å². The molecule has 1 saturated carbocycles. The van der Waals surface area contributed by atoms with Crippen LogP contribution in [0.1, 0.15) is 38.3 Å². The Morgan fingerprint density at radius 1 is 1.32 bits per heavy atom. The maximum absolute atomic E-state index is 10.1. The van der Waals surface area contributed by atoms with Crippen molar-refractivity contribution in [1.82, 2.24) is 15.6 Å². The molecule has 2 aliphatic rings. The normalized spacial score (nSPS) is 19.5. The minimum Gasteiger partial charge on any atom is -0.389 e. The topological polar surface area (TPSA) is 82.0 Å². The van der Waals surface area contributed by atoms with Gasteiger partial charge in [0.05, 0.1) is 19.3 Å². The van der Waals surface area contributed by atoms with Crippen molar-refractivity contribution in [2.75, 3.05) is 44.3 Å². The molecule has 1 saturated heterocycles. The van der Waals surface area contributed by atoms with Gasteiger partial charge >= 0.3 is 0 Å². The van der Waals surface area contributed by atoms with E-state index in [1.54, 1.807) is 0 Å². The number of piperidine rings is 1. The minimum absolute atomic E-state index is 0.353. The highest BCUT2D eigenvalue weighted by Crippen LogP contribution is 2.28. The number of aliphatic imine (C=N–C) groups is 1. The molecular formula is C21H35N5O2. The molecular weight excluding hydrogens is 354 g/mol. The van der Waals surface area contributed by atoms with Gasteiger partial charge in [-0.05, 0) is 57.6 Å². The number of hydrogen-bond acceptors (Lipinski definition) is 5. The predicted octanol–water partition coefficient (Wildman–Crippen LogP) is 1.70. The lowest BCUT2D eigenvalue weighted by molar-refractivity contribution is 0.0368. The molecule has 1 aliphatic carbocycles. The van der Waals surface area contributed by atoms with E-state index in [1.807, 2.05) is 13.0 Å². The molecule has 7 nitrogen and oxygen atoms in total. The van der Waals surface area contributed by atoms with Crippen LogP contribution >= 0.6 is 0 Å². The number of aliphatic hydroxyl groups is 1. The molecule has 3 rings (SSSR count). The van der Waals surface area contributed by atoms with Gasteiger partial charge < -0.3 is 25.4 Å². The number of aliphatic hydroxyl groups excluding tert-OH is 1. The molecule has 0 aromatic carbocycles. The summed E-state index contributed by atoms with van der Waals surface area (Å²) in [6, 6.07) is 6.56. The Morgan fingerprint density at radius 3 is 2.79 bits per heavy atom. The Balaban J connectivity index is 1.42. The molecule has 0 bridgehead atoms. The van der Waals surface area contributed by atoms with Crippen molar-refractivity contribution >= 4 is 11.8 Å². The first kappa shape index (κ1) is 20.9. The number of aryl methyl sites for hydroxylation is 1. The molecule has 0 radical (unpaired) electrons. The number of guanidine groups is 1. The largest absolute Gasteiger partial charge is 0.389 e. The fourth-order valence-corrected chi connectivity index (χ4v) is 3.38. The minimum atomic E-state index is -0.552. The average molecular weight is 390 g/mol. The van der Waals surface area contributed by atoms with Crippen LogP contribution in [0, 0.1) is 12.8 Å². The van der Waals surface area contributed by atoms with E-state index in [9.17, 15) is 5.11 Å². The molecule has 1 aromatic rings. The molecule has 1 aliphatic heterocycles. The van der Waals surface area contributed by atoms with Crippen molar-refractivity contribution in [3.63, 3.8) is 0 Å². The van der Waals surface area contributed by atoms with Crippen LogP contribution in [0.5, 0.6) is 0 Å². The summed E-state index contributed by atoms with van der Waals surface area (Å²) in [5.41, 5.74) is 1.05. The molecule has 7 heteroatoms. The monoisotopic (exact) mass is 389 g/mol. The van der Waals surface area contributed by atoms with E-state index < -0.39 is 6.10 Å². The highest BCUT2D eigenvalue weighted by Gasteiger charge is 2.22. The Labute approximate surface area is 168 Å². The molecule has 0 spiro atoms. The number of nitrogens with one attached hydrogen (secondary N) is 2. The van der Waals surface area contributed by atoms with Gasteiger partial charge in [-0.1, -0.05) is 6.07 Å². The van der Waals surface area contributed by atoms with Gasteiger partial charge in [0, 0.05) is 38.0 Å². The Kier molecular flexibility index (Phi) is 7.91. The number of anilines is 1. The van der Waals surface area contributed by atoms with Gasteiger partial charge in [-0.2, -0.15) is 0 Å². The zero-order chi connectivity index (χ0) is 19.8. The van der Waals surface area contributed by atoms with E-state index >= 15 is 0 Å². The van der Waals surface area contributed by atoms with E-state index in [2.05, 4.69) is 44.6 Å². The van der Waals surface area contributed by atoms with Crippen LogP contribution in [-0.2, 0) is 4.74 Å². The van der Waals surface area contributed by atoms with Crippen molar-refractivity contribution in [2.24, 2.45) is 10.9 Å². The molecule has 2 heterocycles. The average Bonchev–Trinajstić information content (AvgIpc) is 3.51. The van der Waals surface area contributed by atoms with Crippen LogP contribution in [0.4, 0.5) is 5.82 Å². The molecule has 3 N–H and O–H groups in total. The zero-order valence-corrected chi connectivity index (χ0v) is 17.2. The molecule has 1 aromatic heterocycles. The summed E-state index contributed by atoms with van der Waals surface area (Å²) in [4.78, 5) is 11.5. The van der Waals surface area contributed by atoms with Crippen LogP contribution in [-0.4, -0.2) is 67.6 Å². The molecule has 28 heavy (non-hydrogen) atoms. The summed E-state index contributed by atoms with van der Waals surface area (Å²) in [5, 5.41) is 16.9. The SMILES string of the molecule is CCNC(=NCC(O)COCC1CC1)NC1CCN(c2cccc(C)n2)CC1. The zero-order valence-electron chi connectivity index (χ0n) is 17.2. The van der Waals surface area contributed by atoms with Crippen molar-refractivity contribution in [3.05, 3.63) is 23.9 Å². The van der Waals surface area contributed by atoms with Gasteiger partial charge in [0.25, 0.3) is 0 Å². The fourth-order valence-electron chi connectivity index (χ4n) is 3.38.